The van der Waals surface area contributed by atoms with Crippen LogP contribution < -0.4 is 5.32 Å². The van der Waals surface area contributed by atoms with E-state index in [2.05, 4.69) is 10.3 Å². The van der Waals surface area contributed by atoms with Crippen molar-refractivity contribution in [1.29, 1.82) is 0 Å². The van der Waals surface area contributed by atoms with Gasteiger partial charge in [0.15, 0.2) is 5.11 Å². The van der Waals surface area contributed by atoms with Crippen LogP contribution in [0, 0.1) is 11.6 Å². The normalized spacial score (nSPS) is 10.4. The summed E-state index contributed by atoms with van der Waals surface area (Å²) >= 11 is 5.48. The summed E-state index contributed by atoms with van der Waals surface area (Å²) in [6.45, 7) is 1.06. The van der Waals surface area contributed by atoms with Crippen LogP contribution in [0.2, 0.25) is 0 Å². The maximum absolute atomic E-state index is 13.9. The van der Waals surface area contributed by atoms with E-state index in [1.165, 1.54) is 12.1 Å². The van der Waals surface area contributed by atoms with Crippen molar-refractivity contribution < 1.29 is 8.78 Å². The molecular formula is C20H17F2N3S. The zero-order valence-electron chi connectivity index (χ0n) is 13.9. The Morgan fingerprint density at radius 2 is 1.69 bits per heavy atom. The molecule has 0 unspecified atom stereocenters. The quantitative estimate of drug-likeness (QED) is 0.657. The molecule has 0 atom stereocenters. The molecule has 2 aromatic carbocycles. The van der Waals surface area contributed by atoms with Crippen molar-refractivity contribution >= 4 is 23.0 Å². The van der Waals surface area contributed by atoms with Crippen LogP contribution in [-0.2, 0) is 13.1 Å². The first-order chi connectivity index (χ1) is 12.6. The van der Waals surface area contributed by atoms with Crippen LogP contribution >= 0.6 is 12.2 Å². The minimum absolute atomic E-state index is 0.139. The van der Waals surface area contributed by atoms with Gasteiger partial charge in [0.1, 0.15) is 11.6 Å². The van der Waals surface area contributed by atoms with E-state index >= 15 is 0 Å². The Morgan fingerprint density at radius 3 is 2.38 bits per heavy atom. The second kappa shape index (κ2) is 8.49. The number of aromatic nitrogens is 1. The van der Waals surface area contributed by atoms with Crippen LogP contribution in [0.25, 0.3) is 0 Å². The fraction of sp³-hybridized carbons (Fsp3) is 0.100. The highest BCUT2D eigenvalue weighted by atomic mass is 32.1. The van der Waals surface area contributed by atoms with Gasteiger partial charge in [-0.15, -0.1) is 0 Å². The highest BCUT2D eigenvalue weighted by molar-refractivity contribution is 7.80. The van der Waals surface area contributed by atoms with Crippen molar-refractivity contribution in [2.45, 2.75) is 13.1 Å². The molecule has 0 saturated carbocycles. The minimum atomic E-state index is -0.687. The fourth-order valence-corrected chi connectivity index (χ4v) is 2.74. The van der Waals surface area contributed by atoms with Gasteiger partial charge in [-0.3, -0.25) is 4.98 Å². The number of halogens is 2. The van der Waals surface area contributed by atoms with Crippen molar-refractivity contribution in [3.63, 3.8) is 0 Å². The standard InChI is InChI=1S/C20H17F2N3S/c21-17-8-9-19(18(22)11-17)24-20(26)25(13-15-5-2-1-3-6-15)14-16-7-4-10-23-12-16/h1-12H,13-14H2,(H,24,26). The minimum Gasteiger partial charge on any atom is -0.340 e. The first-order valence-corrected chi connectivity index (χ1v) is 8.46. The Hall–Kier alpha value is -2.86. The number of pyridine rings is 1. The third kappa shape index (κ3) is 4.83. The van der Waals surface area contributed by atoms with E-state index in [0.29, 0.717) is 18.2 Å². The molecule has 0 radical (unpaired) electrons. The van der Waals surface area contributed by atoms with E-state index in [4.69, 9.17) is 12.2 Å². The van der Waals surface area contributed by atoms with Gasteiger partial charge in [0.05, 0.1) is 5.69 Å². The second-order valence-corrected chi connectivity index (χ2v) is 6.14. The molecule has 3 aromatic rings. The summed E-state index contributed by atoms with van der Waals surface area (Å²) in [4.78, 5) is 6.03. The van der Waals surface area contributed by atoms with Crippen molar-refractivity contribution in [3.05, 3.63) is 95.8 Å². The summed E-state index contributed by atoms with van der Waals surface area (Å²) in [5.74, 6) is -1.32. The van der Waals surface area contributed by atoms with Gasteiger partial charge in [0.25, 0.3) is 0 Å². The molecule has 1 heterocycles. The molecule has 0 aliphatic carbocycles. The second-order valence-electron chi connectivity index (χ2n) is 5.76. The Kier molecular flexibility index (Phi) is 5.86. The first kappa shape index (κ1) is 17.9. The predicted molar refractivity (Wildman–Crippen MR) is 103 cm³/mol. The van der Waals surface area contributed by atoms with Gasteiger partial charge < -0.3 is 10.2 Å². The number of hydrogen-bond donors (Lipinski definition) is 1. The van der Waals surface area contributed by atoms with Gasteiger partial charge in [-0.05, 0) is 41.5 Å². The van der Waals surface area contributed by atoms with E-state index < -0.39 is 11.6 Å². The third-order valence-corrected chi connectivity index (χ3v) is 4.13. The van der Waals surface area contributed by atoms with Crippen LogP contribution in [0.15, 0.2) is 73.1 Å². The molecule has 1 aromatic heterocycles. The lowest BCUT2D eigenvalue weighted by Gasteiger charge is -2.26. The summed E-state index contributed by atoms with van der Waals surface area (Å²) in [5.41, 5.74) is 2.19. The molecule has 3 rings (SSSR count). The van der Waals surface area contributed by atoms with Gasteiger partial charge in [-0.1, -0.05) is 36.4 Å². The third-order valence-electron chi connectivity index (χ3n) is 3.77. The van der Waals surface area contributed by atoms with Crippen molar-refractivity contribution in [1.82, 2.24) is 9.88 Å². The number of hydrogen-bond acceptors (Lipinski definition) is 2. The zero-order chi connectivity index (χ0) is 18.4. The summed E-state index contributed by atoms with van der Waals surface area (Å²) in [6, 6.07) is 17.0. The average molecular weight is 369 g/mol. The molecule has 6 heteroatoms. The highest BCUT2D eigenvalue weighted by Gasteiger charge is 2.14. The Morgan fingerprint density at radius 1 is 0.962 bits per heavy atom. The molecule has 0 aliphatic rings. The maximum Gasteiger partial charge on any atom is 0.174 e. The van der Waals surface area contributed by atoms with E-state index in [-0.39, 0.29) is 5.69 Å². The first-order valence-electron chi connectivity index (χ1n) is 8.05. The molecule has 0 amide bonds. The zero-order valence-corrected chi connectivity index (χ0v) is 14.7. The number of benzene rings is 2. The fourth-order valence-electron chi connectivity index (χ4n) is 2.50. The monoisotopic (exact) mass is 369 g/mol. The van der Waals surface area contributed by atoms with Crippen LogP contribution in [0.3, 0.4) is 0 Å². The Bertz CT molecular complexity index is 831. The van der Waals surface area contributed by atoms with Crippen LogP contribution in [0.5, 0.6) is 0 Å². The Labute approximate surface area is 156 Å². The number of nitrogens with zero attached hydrogens (tertiary/aromatic N) is 2. The molecule has 0 bridgehead atoms. The largest absolute Gasteiger partial charge is 0.340 e. The molecule has 0 saturated heterocycles. The SMILES string of the molecule is Fc1ccc(NC(=S)N(Cc2ccccc2)Cc2cccnc2)c(F)c1. The summed E-state index contributed by atoms with van der Waals surface area (Å²) in [7, 11) is 0. The Balaban J connectivity index is 1.80. The van der Waals surface area contributed by atoms with E-state index in [1.807, 2.05) is 47.4 Å². The van der Waals surface area contributed by atoms with E-state index in [1.54, 1.807) is 12.4 Å². The number of nitrogens with one attached hydrogen (secondary N) is 1. The van der Waals surface area contributed by atoms with Crippen LogP contribution in [0.1, 0.15) is 11.1 Å². The maximum atomic E-state index is 13.9. The van der Waals surface area contributed by atoms with Gasteiger partial charge in [-0.25, -0.2) is 8.78 Å². The van der Waals surface area contributed by atoms with Gasteiger partial charge >= 0.3 is 0 Å². The molecule has 0 aliphatic heterocycles. The summed E-state index contributed by atoms with van der Waals surface area (Å²) in [6.07, 6.45) is 3.47. The highest BCUT2D eigenvalue weighted by Crippen LogP contribution is 2.17. The van der Waals surface area contributed by atoms with Gasteiger partial charge in [0.2, 0.25) is 0 Å². The van der Waals surface area contributed by atoms with Gasteiger partial charge in [-0.2, -0.15) is 0 Å². The molecular weight excluding hydrogens is 352 g/mol. The number of thiocarbonyl (C=S) groups is 1. The lowest BCUT2D eigenvalue weighted by atomic mass is 10.2. The van der Waals surface area contributed by atoms with E-state index in [9.17, 15) is 8.78 Å². The molecule has 132 valence electrons. The molecule has 26 heavy (non-hydrogen) atoms. The lowest BCUT2D eigenvalue weighted by molar-refractivity contribution is 0.412. The molecule has 0 spiro atoms. The van der Waals surface area contributed by atoms with Gasteiger partial charge in [0, 0.05) is 31.5 Å². The molecule has 3 nitrogen and oxygen atoms in total. The van der Waals surface area contributed by atoms with Crippen molar-refractivity contribution in [3.8, 4) is 0 Å². The number of rotatable bonds is 5. The molecule has 1 N–H and O–H groups in total. The lowest BCUT2D eigenvalue weighted by Crippen LogP contribution is -2.34. The summed E-state index contributed by atoms with van der Waals surface area (Å²) in [5, 5.41) is 3.22. The molecule has 0 fully saturated rings. The summed E-state index contributed by atoms with van der Waals surface area (Å²) < 4.78 is 27.0. The van der Waals surface area contributed by atoms with Crippen molar-refractivity contribution in [2.75, 3.05) is 5.32 Å². The predicted octanol–water partition coefficient (Wildman–Crippen LogP) is 4.76. The van der Waals surface area contributed by atoms with Crippen molar-refractivity contribution in [2.24, 2.45) is 0 Å². The average Bonchev–Trinajstić information content (AvgIpc) is 2.65. The van der Waals surface area contributed by atoms with Crippen LogP contribution in [-0.4, -0.2) is 15.0 Å². The number of anilines is 1. The van der Waals surface area contributed by atoms with Crippen LogP contribution in [0.4, 0.5) is 14.5 Å². The topological polar surface area (TPSA) is 28.2 Å². The smallest absolute Gasteiger partial charge is 0.174 e. The van der Waals surface area contributed by atoms with E-state index in [0.717, 1.165) is 17.2 Å².